The first-order valence-electron chi connectivity index (χ1n) is 14.6. The van der Waals surface area contributed by atoms with Gasteiger partial charge in [-0.2, -0.15) is 0 Å². The van der Waals surface area contributed by atoms with Crippen LogP contribution in [0.15, 0.2) is 132 Å². The molecule has 0 unspecified atom stereocenters. The van der Waals surface area contributed by atoms with E-state index in [1.165, 1.54) is 10.8 Å². The van der Waals surface area contributed by atoms with E-state index in [9.17, 15) is 0 Å². The number of benzene rings is 6. The lowest BCUT2D eigenvalue weighted by molar-refractivity contribution is -0.0778. The van der Waals surface area contributed by atoms with Crippen LogP contribution in [-0.4, -0.2) is 10.4 Å². The highest BCUT2D eigenvalue weighted by Crippen LogP contribution is 2.46. The fourth-order valence-corrected chi connectivity index (χ4v) is 6.62. The third-order valence-electron chi connectivity index (χ3n) is 8.50. The smallest absolute Gasteiger partial charge is 0.245 e. The molecule has 43 heavy (non-hydrogen) atoms. The van der Waals surface area contributed by atoms with Crippen LogP contribution in [0.25, 0.3) is 71.7 Å². The van der Waals surface area contributed by atoms with E-state index in [0.29, 0.717) is 0 Å². The van der Waals surface area contributed by atoms with E-state index in [-0.39, 0.29) is 0 Å². The normalized spacial score (nSPS) is 13.9. The van der Waals surface area contributed by atoms with Gasteiger partial charge in [-0.1, -0.05) is 66.7 Å². The minimum absolute atomic E-state index is 0.785. The van der Waals surface area contributed by atoms with Crippen LogP contribution in [-0.2, 0) is 0 Å². The fraction of sp³-hybridized carbons (Fsp3) is 0.0769. The van der Waals surface area contributed by atoms with Crippen LogP contribution in [0.2, 0.25) is 0 Å². The molecule has 1 aliphatic rings. The molecule has 2 aromatic heterocycles. The lowest BCUT2D eigenvalue weighted by Crippen LogP contribution is -2.34. The summed E-state index contributed by atoms with van der Waals surface area (Å²) in [6.45, 7) is 3.92. The van der Waals surface area contributed by atoms with E-state index >= 15 is 0 Å². The maximum Gasteiger partial charge on any atom is 0.245 e. The zero-order valence-corrected chi connectivity index (χ0v) is 23.8. The van der Waals surface area contributed by atoms with Gasteiger partial charge in [-0.15, -0.1) is 0 Å². The lowest BCUT2D eigenvalue weighted by Gasteiger charge is -2.26. The summed E-state index contributed by atoms with van der Waals surface area (Å²) < 4.78 is 21.5. The van der Waals surface area contributed by atoms with E-state index in [0.717, 1.165) is 72.4 Å². The minimum Gasteiger partial charge on any atom is -0.456 e. The first-order valence-corrected chi connectivity index (χ1v) is 14.6. The number of fused-ring (bicyclic) bond motifs is 9. The van der Waals surface area contributed by atoms with Crippen LogP contribution in [0.3, 0.4) is 0 Å². The molecular formula is C39H27NO3. The van der Waals surface area contributed by atoms with Gasteiger partial charge in [0, 0.05) is 58.3 Å². The molecule has 4 heteroatoms. The second kappa shape index (κ2) is 8.76. The maximum absolute atomic E-state index is 6.58. The SMILES string of the molecule is CC1(C)Oc2cc(-n3c4ccccc4c4ccccc43)ccc2-c2cc(-c3ccc4c(c3)oc3ccccc34)ccc2O1. The van der Waals surface area contributed by atoms with Gasteiger partial charge in [0.2, 0.25) is 5.79 Å². The molecule has 0 N–H and O–H groups in total. The molecule has 9 rings (SSSR count). The summed E-state index contributed by atoms with van der Waals surface area (Å²) in [6.07, 6.45) is 0. The topological polar surface area (TPSA) is 36.5 Å². The summed E-state index contributed by atoms with van der Waals surface area (Å²) in [4.78, 5) is 0. The van der Waals surface area contributed by atoms with E-state index in [2.05, 4.69) is 114 Å². The van der Waals surface area contributed by atoms with Gasteiger partial charge in [0.05, 0.1) is 11.0 Å². The Morgan fingerprint density at radius 1 is 0.488 bits per heavy atom. The van der Waals surface area contributed by atoms with Crippen LogP contribution in [0, 0.1) is 0 Å². The Labute approximate surface area is 248 Å². The van der Waals surface area contributed by atoms with Gasteiger partial charge in [-0.05, 0) is 65.7 Å². The van der Waals surface area contributed by atoms with E-state index in [1.807, 2.05) is 32.0 Å². The Hall–Kier alpha value is -5.48. The quantitative estimate of drug-likeness (QED) is 0.212. The number of aromatic nitrogens is 1. The zero-order valence-electron chi connectivity index (χ0n) is 23.8. The first kappa shape index (κ1) is 24.2. The zero-order chi connectivity index (χ0) is 28.7. The summed E-state index contributed by atoms with van der Waals surface area (Å²) in [5.74, 6) is 0.726. The van der Waals surface area contributed by atoms with Crippen molar-refractivity contribution in [2.75, 3.05) is 0 Å². The van der Waals surface area contributed by atoms with Crippen LogP contribution >= 0.6 is 0 Å². The van der Waals surface area contributed by atoms with Gasteiger partial charge < -0.3 is 18.5 Å². The van der Waals surface area contributed by atoms with Crippen LogP contribution in [0.5, 0.6) is 11.5 Å². The monoisotopic (exact) mass is 557 g/mol. The third kappa shape index (κ3) is 3.70. The van der Waals surface area contributed by atoms with Gasteiger partial charge in [0.15, 0.2) is 0 Å². The highest BCUT2D eigenvalue weighted by molar-refractivity contribution is 6.09. The Morgan fingerprint density at radius 2 is 1.12 bits per heavy atom. The number of hydrogen-bond donors (Lipinski definition) is 0. The van der Waals surface area contributed by atoms with Crippen molar-refractivity contribution in [1.82, 2.24) is 4.57 Å². The van der Waals surface area contributed by atoms with Crippen LogP contribution in [0.4, 0.5) is 0 Å². The van der Waals surface area contributed by atoms with Gasteiger partial charge >= 0.3 is 0 Å². The molecule has 8 aromatic rings. The van der Waals surface area contributed by atoms with E-state index in [1.54, 1.807) is 0 Å². The second-order valence-corrected chi connectivity index (χ2v) is 11.7. The molecule has 206 valence electrons. The molecule has 0 spiro atoms. The molecular weight excluding hydrogens is 530 g/mol. The molecule has 0 radical (unpaired) electrons. The second-order valence-electron chi connectivity index (χ2n) is 11.7. The summed E-state index contributed by atoms with van der Waals surface area (Å²) in [7, 11) is 0. The predicted molar refractivity (Wildman–Crippen MR) is 174 cm³/mol. The van der Waals surface area contributed by atoms with E-state index in [4.69, 9.17) is 13.9 Å². The predicted octanol–water partition coefficient (Wildman–Crippen LogP) is 10.5. The van der Waals surface area contributed by atoms with Crippen molar-refractivity contribution < 1.29 is 13.9 Å². The highest BCUT2D eigenvalue weighted by atomic mass is 16.7. The number of furan rings is 1. The summed E-state index contributed by atoms with van der Waals surface area (Å²) in [6, 6.07) is 44.5. The highest BCUT2D eigenvalue weighted by Gasteiger charge is 2.30. The molecule has 0 fully saturated rings. The standard InChI is InChI=1S/C39H27NO3/c1-39(2)42-36-20-16-24(25-15-18-30-29-11-5-8-14-35(29)41-37(30)22-25)21-32(36)31-19-17-26(23-38(31)43-39)40-33-12-6-3-9-27(33)28-10-4-7-13-34(28)40/h3-23H,1-2H3. The van der Waals surface area contributed by atoms with Crippen molar-refractivity contribution in [2.24, 2.45) is 0 Å². The van der Waals surface area contributed by atoms with Crippen molar-refractivity contribution in [3.8, 4) is 39.4 Å². The minimum atomic E-state index is -0.853. The van der Waals surface area contributed by atoms with E-state index < -0.39 is 5.79 Å². The Morgan fingerprint density at radius 3 is 1.91 bits per heavy atom. The van der Waals surface area contributed by atoms with Crippen molar-refractivity contribution in [3.63, 3.8) is 0 Å². The Balaban J connectivity index is 1.21. The van der Waals surface area contributed by atoms with Crippen molar-refractivity contribution in [2.45, 2.75) is 19.6 Å². The third-order valence-corrected chi connectivity index (χ3v) is 8.50. The molecule has 0 bridgehead atoms. The average molecular weight is 558 g/mol. The molecule has 6 aromatic carbocycles. The van der Waals surface area contributed by atoms with Crippen LogP contribution < -0.4 is 9.47 Å². The molecule has 0 amide bonds. The summed E-state index contributed by atoms with van der Waals surface area (Å²) in [5.41, 5.74) is 9.31. The van der Waals surface area contributed by atoms with Gasteiger partial charge in [-0.3, -0.25) is 0 Å². The Bertz CT molecular complexity index is 2340. The number of rotatable bonds is 2. The molecule has 0 aliphatic carbocycles. The van der Waals surface area contributed by atoms with Crippen molar-refractivity contribution >= 4 is 43.7 Å². The molecule has 3 heterocycles. The lowest BCUT2D eigenvalue weighted by atomic mass is 9.96. The number of ether oxygens (including phenoxy) is 2. The molecule has 0 saturated heterocycles. The average Bonchev–Trinajstić information content (AvgIpc) is 3.53. The fourth-order valence-electron chi connectivity index (χ4n) is 6.62. The van der Waals surface area contributed by atoms with Gasteiger partial charge in [-0.25, -0.2) is 0 Å². The summed E-state index contributed by atoms with van der Waals surface area (Å²) >= 11 is 0. The number of hydrogen-bond acceptors (Lipinski definition) is 3. The molecule has 1 aliphatic heterocycles. The summed E-state index contributed by atoms with van der Waals surface area (Å²) in [5, 5.41) is 4.71. The first-order chi connectivity index (χ1) is 21.0. The van der Waals surface area contributed by atoms with Gasteiger partial charge in [0.25, 0.3) is 0 Å². The molecule has 0 atom stereocenters. The van der Waals surface area contributed by atoms with Crippen molar-refractivity contribution in [1.29, 1.82) is 0 Å². The Kier molecular flexibility index (Phi) is 4.92. The number of para-hydroxylation sites is 3. The number of nitrogens with zero attached hydrogens (tertiary/aromatic N) is 1. The van der Waals surface area contributed by atoms with Crippen molar-refractivity contribution in [3.05, 3.63) is 127 Å². The maximum atomic E-state index is 6.58. The van der Waals surface area contributed by atoms with Gasteiger partial charge in [0.1, 0.15) is 22.7 Å². The molecule has 0 saturated carbocycles. The largest absolute Gasteiger partial charge is 0.456 e. The van der Waals surface area contributed by atoms with Crippen LogP contribution in [0.1, 0.15) is 13.8 Å². The molecule has 4 nitrogen and oxygen atoms in total.